The van der Waals surface area contributed by atoms with E-state index in [1.54, 1.807) is 0 Å². The van der Waals surface area contributed by atoms with E-state index in [0.717, 1.165) is 17.0 Å². The van der Waals surface area contributed by atoms with Gasteiger partial charge in [-0.25, -0.2) is 8.42 Å². The Morgan fingerprint density at radius 1 is 1.13 bits per heavy atom. The summed E-state index contributed by atoms with van der Waals surface area (Å²) >= 11 is 0. The number of para-hydroxylation sites is 1. The van der Waals surface area contributed by atoms with E-state index >= 15 is 0 Å². The van der Waals surface area contributed by atoms with E-state index in [0.29, 0.717) is 5.76 Å². The van der Waals surface area contributed by atoms with Gasteiger partial charge in [0.15, 0.2) is 0 Å². The molecule has 10 heteroatoms. The topological polar surface area (TPSA) is 115 Å². The summed E-state index contributed by atoms with van der Waals surface area (Å²) < 4.78 is 38.8. The van der Waals surface area contributed by atoms with E-state index in [1.165, 1.54) is 16.4 Å². The minimum atomic E-state index is -3.95. The van der Waals surface area contributed by atoms with Gasteiger partial charge in [0, 0.05) is 30.6 Å². The molecule has 0 unspecified atom stereocenters. The van der Waals surface area contributed by atoms with Crippen LogP contribution in [0, 0.1) is 10.1 Å². The van der Waals surface area contributed by atoms with Crippen LogP contribution in [0.3, 0.4) is 0 Å². The molecule has 0 amide bonds. The van der Waals surface area contributed by atoms with Crippen LogP contribution in [0.2, 0.25) is 0 Å². The van der Waals surface area contributed by atoms with Gasteiger partial charge >= 0.3 is 0 Å². The van der Waals surface area contributed by atoms with Crippen LogP contribution in [0.4, 0.5) is 11.4 Å². The zero-order valence-electron chi connectivity index (χ0n) is 16.3. The molecular weight excluding hydrogens is 410 g/mol. The van der Waals surface area contributed by atoms with Gasteiger partial charge in [-0.05, 0) is 25.1 Å². The maximum Gasteiger partial charge on any atom is 0.270 e. The van der Waals surface area contributed by atoms with Crippen molar-refractivity contribution in [3.8, 4) is 0 Å². The number of rotatable bonds is 6. The number of fused-ring (bicyclic) bond motifs is 1. The number of nitrogens with one attached hydrogen (secondary N) is 1. The van der Waals surface area contributed by atoms with Gasteiger partial charge in [0.05, 0.1) is 29.9 Å². The van der Waals surface area contributed by atoms with Crippen LogP contribution < -0.4 is 5.32 Å². The largest absolute Gasteiger partial charge is 0.459 e. The van der Waals surface area contributed by atoms with Crippen molar-refractivity contribution in [3.63, 3.8) is 0 Å². The summed E-state index contributed by atoms with van der Waals surface area (Å²) in [4.78, 5) is 10.5. The molecule has 0 radical (unpaired) electrons. The Bertz CT molecular complexity index is 1150. The first-order valence-corrected chi connectivity index (χ1v) is 10.9. The molecule has 0 aliphatic carbocycles. The molecule has 1 aromatic heterocycles. The average Bonchev–Trinajstić information content (AvgIpc) is 3.19. The van der Waals surface area contributed by atoms with Gasteiger partial charge < -0.3 is 14.5 Å². The van der Waals surface area contributed by atoms with Crippen molar-refractivity contribution in [2.45, 2.75) is 17.9 Å². The van der Waals surface area contributed by atoms with Crippen molar-refractivity contribution >= 4 is 32.4 Å². The number of nitrogens with zero attached hydrogens (tertiary/aromatic N) is 2. The molecule has 1 fully saturated rings. The Morgan fingerprint density at radius 3 is 2.57 bits per heavy atom. The highest BCUT2D eigenvalue weighted by Crippen LogP contribution is 2.33. The van der Waals surface area contributed by atoms with Crippen LogP contribution in [0.15, 0.2) is 57.8 Å². The Morgan fingerprint density at radius 2 is 1.87 bits per heavy atom. The number of hydrogen-bond acceptors (Lipinski definition) is 7. The quantitative estimate of drug-likeness (QED) is 0.469. The molecular formula is C20H21N3O6S. The second-order valence-corrected chi connectivity index (χ2v) is 8.91. The van der Waals surface area contributed by atoms with Crippen LogP contribution >= 0.6 is 0 Å². The van der Waals surface area contributed by atoms with Crippen molar-refractivity contribution in [2.75, 3.05) is 31.6 Å². The minimum Gasteiger partial charge on any atom is -0.459 e. The highest BCUT2D eigenvalue weighted by molar-refractivity contribution is 7.89. The number of benzene rings is 2. The molecule has 1 atom stereocenters. The summed E-state index contributed by atoms with van der Waals surface area (Å²) in [5.41, 5.74) is 0.717. The number of sulfonamides is 1. The van der Waals surface area contributed by atoms with Gasteiger partial charge in [0.1, 0.15) is 16.2 Å². The summed E-state index contributed by atoms with van der Waals surface area (Å²) in [6.45, 7) is 2.80. The number of ether oxygens (including phenoxy) is 1. The number of furan rings is 1. The molecule has 4 rings (SSSR count). The lowest BCUT2D eigenvalue weighted by Gasteiger charge is -2.27. The summed E-state index contributed by atoms with van der Waals surface area (Å²) in [6, 6.07) is 12.9. The lowest BCUT2D eigenvalue weighted by Crippen LogP contribution is -2.40. The van der Waals surface area contributed by atoms with Crippen LogP contribution in [-0.4, -0.2) is 43.9 Å². The monoisotopic (exact) mass is 431 g/mol. The predicted octanol–water partition coefficient (Wildman–Crippen LogP) is 3.54. The van der Waals surface area contributed by atoms with E-state index in [4.69, 9.17) is 9.15 Å². The fourth-order valence-electron chi connectivity index (χ4n) is 3.40. The van der Waals surface area contributed by atoms with Crippen LogP contribution in [-0.2, 0) is 14.8 Å². The van der Waals surface area contributed by atoms with Crippen LogP contribution in [0.1, 0.15) is 18.7 Å². The second-order valence-electron chi connectivity index (χ2n) is 7.01. The Balaban J connectivity index is 1.70. The number of anilines is 1. The highest BCUT2D eigenvalue weighted by atomic mass is 32.2. The number of non-ortho nitro benzene ring substituents is 1. The molecule has 0 saturated carbocycles. The molecule has 1 aliphatic heterocycles. The summed E-state index contributed by atoms with van der Waals surface area (Å²) in [7, 11) is -3.95. The molecule has 0 spiro atoms. The van der Waals surface area contributed by atoms with E-state index in [1.807, 2.05) is 37.3 Å². The first-order chi connectivity index (χ1) is 14.4. The molecule has 3 aromatic rings. The van der Waals surface area contributed by atoms with Gasteiger partial charge in [0.2, 0.25) is 10.0 Å². The fourth-order valence-corrected chi connectivity index (χ4v) is 4.99. The zero-order valence-corrected chi connectivity index (χ0v) is 17.1. The first-order valence-electron chi connectivity index (χ1n) is 9.47. The molecule has 1 saturated heterocycles. The summed E-state index contributed by atoms with van der Waals surface area (Å²) in [5.74, 6) is 0.629. The number of morpholine rings is 1. The van der Waals surface area contributed by atoms with E-state index in [9.17, 15) is 18.5 Å². The third-order valence-electron chi connectivity index (χ3n) is 5.01. The Kier molecular flexibility index (Phi) is 5.46. The fraction of sp³-hybridized carbons (Fsp3) is 0.300. The van der Waals surface area contributed by atoms with Crippen molar-refractivity contribution in [3.05, 3.63) is 64.4 Å². The third-order valence-corrected chi connectivity index (χ3v) is 6.95. The van der Waals surface area contributed by atoms with Crippen molar-refractivity contribution < 1.29 is 22.5 Å². The maximum atomic E-state index is 13.2. The smallest absolute Gasteiger partial charge is 0.270 e. The molecule has 158 valence electrons. The predicted molar refractivity (Wildman–Crippen MR) is 111 cm³/mol. The van der Waals surface area contributed by atoms with E-state index in [2.05, 4.69) is 5.32 Å². The molecule has 30 heavy (non-hydrogen) atoms. The number of nitro benzene ring substituents is 1. The van der Waals surface area contributed by atoms with Gasteiger partial charge in [-0.1, -0.05) is 18.2 Å². The average molecular weight is 431 g/mol. The van der Waals surface area contributed by atoms with E-state index < -0.39 is 14.9 Å². The van der Waals surface area contributed by atoms with Crippen LogP contribution in [0.5, 0.6) is 0 Å². The summed E-state index contributed by atoms with van der Waals surface area (Å²) in [5, 5.41) is 15.3. The Labute approximate surface area is 173 Å². The standard InChI is InChI=1S/C20H21N3O6S/c1-14(19-12-15-4-2-3-5-18(15)29-19)21-17-7-6-16(23(24)25)13-20(17)30(26,27)22-8-10-28-11-9-22/h2-7,12-14,21H,8-11H2,1H3/t14-/m1/s1. The first kappa shape index (κ1) is 20.3. The number of nitro groups is 1. The summed E-state index contributed by atoms with van der Waals surface area (Å²) in [6.07, 6.45) is 0. The van der Waals surface area contributed by atoms with Crippen LogP contribution in [0.25, 0.3) is 11.0 Å². The zero-order chi connectivity index (χ0) is 21.3. The van der Waals surface area contributed by atoms with Gasteiger partial charge in [-0.15, -0.1) is 0 Å². The maximum absolute atomic E-state index is 13.2. The van der Waals surface area contributed by atoms with Crippen molar-refractivity contribution in [1.29, 1.82) is 0 Å². The minimum absolute atomic E-state index is 0.137. The SMILES string of the molecule is C[C@@H](Nc1ccc([N+](=O)[O-])cc1S(=O)(=O)N1CCOCC1)c1cc2ccccc2o1. The second kappa shape index (κ2) is 8.05. The van der Waals surface area contributed by atoms with Crippen molar-refractivity contribution in [2.24, 2.45) is 0 Å². The molecule has 0 bridgehead atoms. The van der Waals surface area contributed by atoms with Gasteiger partial charge in [-0.2, -0.15) is 4.31 Å². The lowest BCUT2D eigenvalue weighted by atomic mass is 10.2. The molecule has 2 heterocycles. The molecule has 1 N–H and O–H groups in total. The number of hydrogen-bond donors (Lipinski definition) is 1. The van der Waals surface area contributed by atoms with Gasteiger partial charge in [-0.3, -0.25) is 10.1 Å². The highest BCUT2D eigenvalue weighted by Gasteiger charge is 2.31. The van der Waals surface area contributed by atoms with Crippen molar-refractivity contribution in [1.82, 2.24) is 4.31 Å². The third kappa shape index (κ3) is 3.89. The van der Waals surface area contributed by atoms with E-state index in [-0.39, 0.29) is 48.6 Å². The normalized spacial score (nSPS) is 16.4. The molecule has 9 nitrogen and oxygen atoms in total. The van der Waals surface area contributed by atoms with Gasteiger partial charge in [0.25, 0.3) is 5.69 Å². The Hall–Kier alpha value is -2.95. The molecule has 2 aromatic carbocycles. The molecule has 1 aliphatic rings. The lowest BCUT2D eigenvalue weighted by molar-refractivity contribution is -0.385.